The number of pyridine rings is 3. The first-order chi connectivity index (χ1) is 18.8. The van der Waals surface area contributed by atoms with Crippen LogP contribution in [0.4, 0.5) is 5.82 Å². The van der Waals surface area contributed by atoms with Crippen molar-refractivity contribution in [3.05, 3.63) is 48.4 Å². The predicted octanol–water partition coefficient (Wildman–Crippen LogP) is 4.19. The maximum absolute atomic E-state index is 12.2. The molecule has 2 fully saturated rings. The van der Waals surface area contributed by atoms with E-state index in [1.807, 2.05) is 23.7 Å². The summed E-state index contributed by atoms with van der Waals surface area (Å²) in [5.41, 5.74) is 4.90. The molecule has 204 valence electrons. The van der Waals surface area contributed by atoms with Gasteiger partial charge in [0, 0.05) is 48.9 Å². The maximum Gasteiger partial charge on any atom is 0.192 e. The van der Waals surface area contributed by atoms with Crippen LogP contribution >= 0.6 is 0 Å². The maximum atomic E-state index is 12.2. The van der Waals surface area contributed by atoms with Gasteiger partial charge in [0.05, 0.1) is 24.9 Å². The third-order valence-corrected chi connectivity index (χ3v) is 8.46. The van der Waals surface area contributed by atoms with Crippen molar-refractivity contribution in [3.63, 3.8) is 0 Å². The number of ether oxygens (including phenoxy) is 2. The number of aryl methyl sites for hydroxylation is 1. The third kappa shape index (κ3) is 4.90. The zero-order valence-corrected chi connectivity index (χ0v) is 23.2. The second-order valence-corrected chi connectivity index (χ2v) is 12.3. The van der Waals surface area contributed by atoms with Crippen molar-refractivity contribution in [2.45, 2.75) is 50.4 Å². The van der Waals surface area contributed by atoms with Gasteiger partial charge in [-0.25, -0.2) is 23.1 Å². The normalized spacial score (nSPS) is 20.4. The minimum Gasteiger partial charge on any atom is -0.377 e. The molecular weight excluding hydrogens is 516 g/mol. The smallest absolute Gasteiger partial charge is 0.192 e. The number of sulfone groups is 1. The number of anilines is 1. The van der Waals surface area contributed by atoms with Crippen molar-refractivity contribution in [1.82, 2.24) is 24.7 Å². The van der Waals surface area contributed by atoms with E-state index in [-0.39, 0.29) is 17.3 Å². The van der Waals surface area contributed by atoms with Gasteiger partial charge in [0.2, 0.25) is 0 Å². The molecule has 11 heteroatoms. The summed E-state index contributed by atoms with van der Waals surface area (Å²) in [6, 6.07) is 7.75. The standard InChI is InChI=1S/C28H32N6O4S/c1-18-14-25(39(3,35)36)30-16-22(18)21-15-24(33-11-13-37-17-19(33)2)32-27-20(21)7-9-29-28(27)23-8-10-31-34(23)26-6-4-5-12-38-26/h7-10,14-16,19,26H,4-6,11-13,17H2,1-3H3. The Kier molecular flexibility index (Phi) is 6.82. The van der Waals surface area contributed by atoms with E-state index < -0.39 is 9.84 Å². The Bertz CT molecular complexity index is 1630. The second-order valence-electron chi connectivity index (χ2n) is 10.3. The van der Waals surface area contributed by atoms with Gasteiger partial charge in [-0.05, 0) is 68.5 Å². The molecule has 10 nitrogen and oxygen atoms in total. The Balaban J connectivity index is 1.58. The van der Waals surface area contributed by atoms with Gasteiger partial charge < -0.3 is 14.4 Å². The fourth-order valence-electron chi connectivity index (χ4n) is 5.43. The second kappa shape index (κ2) is 10.3. The van der Waals surface area contributed by atoms with Crippen molar-refractivity contribution < 1.29 is 17.9 Å². The highest BCUT2D eigenvalue weighted by Gasteiger charge is 2.26. The largest absolute Gasteiger partial charge is 0.377 e. The Hall–Kier alpha value is -3.41. The lowest BCUT2D eigenvalue weighted by Crippen LogP contribution is -2.44. The molecule has 0 aromatic carbocycles. The first-order valence-electron chi connectivity index (χ1n) is 13.3. The van der Waals surface area contributed by atoms with Crippen LogP contribution in [0.5, 0.6) is 0 Å². The van der Waals surface area contributed by atoms with Crippen molar-refractivity contribution >= 4 is 26.6 Å². The highest BCUT2D eigenvalue weighted by molar-refractivity contribution is 7.90. The zero-order valence-electron chi connectivity index (χ0n) is 22.4. The van der Waals surface area contributed by atoms with Crippen LogP contribution in [0.25, 0.3) is 33.4 Å². The van der Waals surface area contributed by atoms with Gasteiger partial charge in [-0.3, -0.25) is 4.98 Å². The van der Waals surface area contributed by atoms with Crippen LogP contribution in [0.15, 0.2) is 47.9 Å². The summed E-state index contributed by atoms with van der Waals surface area (Å²) >= 11 is 0. The molecule has 0 radical (unpaired) electrons. The molecule has 2 aliphatic heterocycles. The summed E-state index contributed by atoms with van der Waals surface area (Å²) in [5, 5.41) is 5.56. The fraction of sp³-hybridized carbons (Fsp3) is 0.429. The summed E-state index contributed by atoms with van der Waals surface area (Å²) in [6.07, 6.45) is 9.27. The van der Waals surface area contributed by atoms with E-state index in [0.29, 0.717) is 26.4 Å². The molecule has 39 heavy (non-hydrogen) atoms. The first kappa shape index (κ1) is 25.8. The number of aromatic nitrogens is 5. The van der Waals surface area contributed by atoms with Crippen molar-refractivity contribution in [1.29, 1.82) is 0 Å². The van der Waals surface area contributed by atoms with Gasteiger partial charge in [-0.1, -0.05) is 0 Å². The molecule has 6 heterocycles. The number of morpholine rings is 1. The Labute approximate surface area is 227 Å². The summed E-state index contributed by atoms with van der Waals surface area (Å²) in [5.74, 6) is 0.814. The van der Waals surface area contributed by atoms with Crippen LogP contribution in [0.3, 0.4) is 0 Å². The number of fused-ring (bicyclic) bond motifs is 1. The highest BCUT2D eigenvalue weighted by Crippen LogP contribution is 2.38. The molecule has 0 bridgehead atoms. The molecule has 0 saturated carbocycles. The summed E-state index contributed by atoms with van der Waals surface area (Å²) in [6.45, 7) is 6.70. The molecule has 0 N–H and O–H groups in total. The Morgan fingerprint density at radius 2 is 1.92 bits per heavy atom. The molecule has 0 amide bonds. The Morgan fingerprint density at radius 1 is 1.05 bits per heavy atom. The quantitative estimate of drug-likeness (QED) is 0.362. The lowest BCUT2D eigenvalue weighted by Gasteiger charge is -2.34. The lowest BCUT2D eigenvalue weighted by atomic mass is 9.98. The van der Waals surface area contributed by atoms with E-state index >= 15 is 0 Å². The predicted molar refractivity (Wildman–Crippen MR) is 148 cm³/mol. The summed E-state index contributed by atoms with van der Waals surface area (Å²) < 4.78 is 38.0. The minimum atomic E-state index is -3.43. The van der Waals surface area contributed by atoms with Crippen LogP contribution in [-0.4, -0.2) is 71.8 Å². The van der Waals surface area contributed by atoms with Gasteiger partial charge in [0.15, 0.2) is 21.1 Å². The van der Waals surface area contributed by atoms with Crippen molar-refractivity contribution in [2.24, 2.45) is 0 Å². The molecule has 2 saturated heterocycles. The molecule has 0 spiro atoms. The molecule has 2 aliphatic rings. The Morgan fingerprint density at radius 3 is 2.67 bits per heavy atom. The van der Waals surface area contributed by atoms with Gasteiger partial charge in [0.25, 0.3) is 0 Å². The molecule has 4 aromatic rings. The molecule has 2 atom stereocenters. The number of nitrogens with zero attached hydrogens (tertiary/aromatic N) is 6. The van der Waals surface area contributed by atoms with Crippen molar-refractivity contribution in [3.8, 4) is 22.5 Å². The minimum absolute atomic E-state index is 0.0582. The van der Waals surface area contributed by atoms with E-state index in [2.05, 4.69) is 28.0 Å². The van der Waals surface area contributed by atoms with E-state index in [9.17, 15) is 8.42 Å². The third-order valence-electron chi connectivity index (χ3n) is 7.47. The van der Waals surface area contributed by atoms with Gasteiger partial charge in [0.1, 0.15) is 17.0 Å². The van der Waals surface area contributed by atoms with E-state index in [0.717, 1.165) is 64.1 Å². The highest BCUT2D eigenvalue weighted by atomic mass is 32.2. The van der Waals surface area contributed by atoms with E-state index in [4.69, 9.17) is 19.4 Å². The molecule has 6 rings (SSSR count). The van der Waals surface area contributed by atoms with E-state index in [1.165, 1.54) is 6.26 Å². The molecular formula is C28H32N6O4S. The van der Waals surface area contributed by atoms with Crippen LogP contribution < -0.4 is 4.90 Å². The van der Waals surface area contributed by atoms with Crippen molar-refractivity contribution in [2.75, 3.05) is 37.5 Å². The molecule has 4 aromatic heterocycles. The number of rotatable bonds is 5. The number of hydrogen-bond donors (Lipinski definition) is 0. The first-order valence-corrected chi connectivity index (χ1v) is 15.2. The summed E-state index contributed by atoms with van der Waals surface area (Å²) in [4.78, 5) is 16.5. The molecule has 0 aliphatic carbocycles. The van der Waals surface area contributed by atoms with Crippen LogP contribution in [-0.2, 0) is 19.3 Å². The molecule has 2 unspecified atom stereocenters. The number of hydrogen-bond acceptors (Lipinski definition) is 9. The summed E-state index contributed by atoms with van der Waals surface area (Å²) in [7, 11) is -3.43. The SMILES string of the molecule is Cc1cc(S(C)(=O)=O)ncc1-c1cc(N2CCOCC2C)nc2c(-c3ccnn3C3CCCCO3)nccc12. The van der Waals surface area contributed by atoms with Crippen LogP contribution in [0, 0.1) is 6.92 Å². The average Bonchev–Trinajstić information content (AvgIpc) is 3.42. The lowest BCUT2D eigenvalue weighted by molar-refractivity contribution is -0.0383. The topological polar surface area (TPSA) is 112 Å². The monoisotopic (exact) mass is 548 g/mol. The fourth-order valence-corrected chi connectivity index (χ4v) is 6.06. The van der Waals surface area contributed by atoms with E-state index in [1.54, 1.807) is 24.7 Å². The zero-order chi connectivity index (χ0) is 27.1. The van der Waals surface area contributed by atoms with Crippen LogP contribution in [0.1, 0.15) is 38.0 Å². The van der Waals surface area contributed by atoms with Gasteiger partial charge in [-0.15, -0.1) is 0 Å². The average molecular weight is 549 g/mol. The van der Waals surface area contributed by atoms with Crippen LogP contribution in [0.2, 0.25) is 0 Å². The van der Waals surface area contributed by atoms with Gasteiger partial charge >= 0.3 is 0 Å². The van der Waals surface area contributed by atoms with Gasteiger partial charge in [-0.2, -0.15) is 5.10 Å².